The number of nitrogens with zero attached hydrogens (tertiary/aromatic N) is 3. The molecule has 152 valence electrons. The molecular formula is C22H25N3O3S. The molecule has 0 atom stereocenters. The van der Waals surface area contributed by atoms with E-state index in [9.17, 15) is 0 Å². The van der Waals surface area contributed by atoms with Crippen LogP contribution in [0.5, 0.6) is 17.2 Å². The van der Waals surface area contributed by atoms with Gasteiger partial charge < -0.3 is 18.8 Å². The molecule has 4 rings (SSSR count). The molecule has 7 heteroatoms. The zero-order valence-electron chi connectivity index (χ0n) is 17.0. The molecule has 1 aliphatic rings. The van der Waals surface area contributed by atoms with E-state index in [4.69, 9.17) is 14.2 Å². The van der Waals surface area contributed by atoms with E-state index in [1.165, 1.54) is 5.56 Å². The molecule has 0 amide bonds. The normalized spacial score (nSPS) is 13.2. The first-order valence-electron chi connectivity index (χ1n) is 9.74. The topological polar surface area (TPSA) is 58.4 Å². The van der Waals surface area contributed by atoms with Gasteiger partial charge in [-0.05, 0) is 49.2 Å². The standard InChI is InChI=1S/C22H25N3O3S/c1-15-5-6-16(2)19(13-15)28-11-12-29-22-24-23-21(25(22)3)17-7-8-18-20(14-17)27-10-4-9-26-18/h5-8,13-14H,4,9-12H2,1-3H3. The van der Waals surface area contributed by atoms with Gasteiger partial charge >= 0.3 is 0 Å². The average molecular weight is 412 g/mol. The van der Waals surface area contributed by atoms with Gasteiger partial charge in [0.1, 0.15) is 5.75 Å². The van der Waals surface area contributed by atoms with Crippen molar-refractivity contribution in [1.29, 1.82) is 0 Å². The molecule has 29 heavy (non-hydrogen) atoms. The zero-order valence-corrected chi connectivity index (χ0v) is 17.8. The van der Waals surface area contributed by atoms with Gasteiger partial charge in [0.15, 0.2) is 22.5 Å². The van der Waals surface area contributed by atoms with Crippen LogP contribution in [-0.4, -0.2) is 40.3 Å². The van der Waals surface area contributed by atoms with E-state index in [1.54, 1.807) is 11.8 Å². The molecule has 0 unspecified atom stereocenters. The summed E-state index contributed by atoms with van der Waals surface area (Å²) in [6, 6.07) is 12.2. The van der Waals surface area contributed by atoms with E-state index in [2.05, 4.69) is 42.2 Å². The van der Waals surface area contributed by atoms with Gasteiger partial charge in [0, 0.05) is 24.8 Å². The quantitative estimate of drug-likeness (QED) is 0.442. The predicted octanol–water partition coefficient (Wildman–Crippen LogP) is 4.43. The van der Waals surface area contributed by atoms with E-state index in [-0.39, 0.29) is 0 Å². The molecule has 2 aromatic carbocycles. The summed E-state index contributed by atoms with van der Waals surface area (Å²) in [5.74, 6) is 4.08. The van der Waals surface area contributed by atoms with Crippen molar-refractivity contribution in [1.82, 2.24) is 14.8 Å². The molecule has 0 aliphatic carbocycles. The van der Waals surface area contributed by atoms with Gasteiger partial charge in [-0.1, -0.05) is 23.9 Å². The Morgan fingerprint density at radius 2 is 1.86 bits per heavy atom. The summed E-state index contributed by atoms with van der Waals surface area (Å²) in [4.78, 5) is 0. The summed E-state index contributed by atoms with van der Waals surface area (Å²) in [5.41, 5.74) is 3.31. The third kappa shape index (κ3) is 4.50. The fourth-order valence-electron chi connectivity index (χ4n) is 3.14. The van der Waals surface area contributed by atoms with Crippen LogP contribution in [0.25, 0.3) is 11.4 Å². The van der Waals surface area contributed by atoms with Crippen LogP contribution in [0.2, 0.25) is 0 Å². The van der Waals surface area contributed by atoms with Crippen molar-refractivity contribution in [2.24, 2.45) is 7.05 Å². The van der Waals surface area contributed by atoms with Gasteiger partial charge in [-0.15, -0.1) is 10.2 Å². The van der Waals surface area contributed by atoms with Crippen LogP contribution in [0, 0.1) is 13.8 Å². The van der Waals surface area contributed by atoms with Gasteiger partial charge in [0.25, 0.3) is 0 Å². The number of hydrogen-bond acceptors (Lipinski definition) is 6. The number of aryl methyl sites for hydroxylation is 2. The molecule has 0 saturated carbocycles. The van der Waals surface area contributed by atoms with E-state index >= 15 is 0 Å². The molecule has 0 fully saturated rings. The molecule has 3 aromatic rings. The molecule has 1 aromatic heterocycles. The average Bonchev–Trinajstić information content (AvgIpc) is 2.93. The summed E-state index contributed by atoms with van der Waals surface area (Å²) >= 11 is 1.63. The van der Waals surface area contributed by atoms with Crippen LogP contribution in [0.3, 0.4) is 0 Å². The maximum Gasteiger partial charge on any atom is 0.191 e. The third-order valence-corrected chi connectivity index (χ3v) is 5.74. The number of ether oxygens (including phenoxy) is 3. The van der Waals surface area contributed by atoms with Gasteiger partial charge in [0.05, 0.1) is 19.8 Å². The Kier molecular flexibility index (Phi) is 5.94. The number of aromatic nitrogens is 3. The zero-order chi connectivity index (χ0) is 20.2. The number of benzene rings is 2. The molecular weight excluding hydrogens is 386 g/mol. The Balaban J connectivity index is 1.40. The highest BCUT2D eigenvalue weighted by atomic mass is 32.2. The highest BCUT2D eigenvalue weighted by molar-refractivity contribution is 7.99. The fourth-order valence-corrected chi connectivity index (χ4v) is 3.87. The summed E-state index contributed by atoms with van der Waals surface area (Å²) < 4.78 is 19.4. The van der Waals surface area contributed by atoms with Crippen molar-refractivity contribution in [2.45, 2.75) is 25.4 Å². The Hall–Kier alpha value is -2.67. The maximum atomic E-state index is 5.94. The van der Waals surface area contributed by atoms with Crippen LogP contribution < -0.4 is 14.2 Å². The largest absolute Gasteiger partial charge is 0.492 e. The van der Waals surface area contributed by atoms with Crippen molar-refractivity contribution < 1.29 is 14.2 Å². The van der Waals surface area contributed by atoms with Gasteiger partial charge in [-0.25, -0.2) is 0 Å². The second-order valence-electron chi connectivity index (χ2n) is 7.04. The summed E-state index contributed by atoms with van der Waals surface area (Å²) in [6.45, 7) is 6.09. The van der Waals surface area contributed by atoms with Gasteiger partial charge in [0.2, 0.25) is 0 Å². The first kappa shape index (κ1) is 19.6. The van der Waals surface area contributed by atoms with E-state index in [1.807, 2.05) is 29.8 Å². The van der Waals surface area contributed by atoms with Crippen LogP contribution in [0.4, 0.5) is 0 Å². The van der Waals surface area contributed by atoms with Gasteiger partial charge in [-0.2, -0.15) is 0 Å². The predicted molar refractivity (Wildman–Crippen MR) is 114 cm³/mol. The highest BCUT2D eigenvalue weighted by Crippen LogP contribution is 2.34. The van der Waals surface area contributed by atoms with Gasteiger partial charge in [-0.3, -0.25) is 0 Å². The lowest BCUT2D eigenvalue weighted by molar-refractivity contribution is 0.297. The van der Waals surface area contributed by atoms with E-state index in [0.29, 0.717) is 19.8 Å². The summed E-state index contributed by atoms with van der Waals surface area (Å²) in [7, 11) is 1.98. The van der Waals surface area contributed by atoms with Crippen LogP contribution in [-0.2, 0) is 7.05 Å². The summed E-state index contributed by atoms with van der Waals surface area (Å²) in [5, 5.41) is 9.58. The molecule has 0 spiro atoms. The SMILES string of the molecule is Cc1ccc(C)c(OCCSc2nnc(-c3ccc4c(c3)OCCCO4)n2C)c1. The van der Waals surface area contributed by atoms with Crippen molar-refractivity contribution in [2.75, 3.05) is 25.6 Å². The smallest absolute Gasteiger partial charge is 0.191 e. The minimum absolute atomic E-state index is 0.612. The molecule has 0 radical (unpaired) electrons. The minimum Gasteiger partial charge on any atom is -0.492 e. The fraction of sp³-hybridized carbons (Fsp3) is 0.364. The third-order valence-electron chi connectivity index (χ3n) is 4.76. The number of hydrogen-bond donors (Lipinski definition) is 0. The first-order chi connectivity index (χ1) is 14.1. The Bertz CT molecular complexity index is 1000. The lowest BCUT2D eigenvalue weighted by Crippen LogP contribution is -2.03. The molecule has 0 saturated heterocycles. The monoisotopic (exact) mass is 411 g/mol. The lowest BCUT2D eigenvalue weighted by atomic mass is 10.1. The maximum absolute atomic E-state index is 5.94. The Morgan fingerprint density at radius 3 is 2.72 bits per heavy atom. The lowest BCUT2D eigenvalue weighted by Gasteiger charge is -2.10. The molecule has 6 nitrogen and oxygen atoms in total. The van der Waals surface area contributed by atoms with Crippen molar-refractivity contribution >= 4 is 11.8 Å². The highest BCUT2D eigenvalue weighted by Gasteiger charge is 2.16. The molecule has 0 bridgehead atoms. The van der Waals surface area contributed by atoms with Crippen molar-refractivity contribution in [3.05, 3.63) is 47.5 Å². The second kappa shape index (κ2) is 8.78. The minimum atomic E-state index is 0.612. The van der Waals surface area contributed by atoms with Crippen LogP contribution in [0.1, 0.15) is 17.5 Å². The Morgan fingerprint density at radius 1 is 1.03 bits per heavy atom. The van der Waals surface area contributed by atoms with E-state index in [0.717, 1.165) is 51.5 Å². The summed E-state index contributed by atoms with van der Waals surface area (Å²) in [6.07, 6.45) is 0.888. The Labute approximate surface area is 175 Å². The molecule has 2 heterocycles. The van der Waals surface area contributed by atoms with Crippen molar-refractivity contribution in [3.8, 4) is 28.6 Å². The first-order valence-corrected chi connectivity index (χ1v) is 10.7. The van der Waals surface area contributed by atoms with Crippen molar-refractivity contribution in [3.63, 3.8) is 0 Å². The number of fused-ring (bicyclic) bond motifs is 1. The number of rotatable bonds is 6. The molecule has 0 N–H and O–H groups in total. The molecule has 1 aliphatic heterocycles. The number of thioether (sulfide) groups is 1. The van der Waals surface area contributed by atoms with Crippen LogP contribution >= 0.6 is 11.8 Å². The van der Waals surface area contributed by atoms with Crippen LogP contribution in [0.15, 0.2) is 41.6 Å². The second-order valence-corrected chi connectivity index (χ2v) is 8.11. The van der Waals surface area contributed by atoms with E-state index < -0.39 is 0 Å².